The van der Waals surface area contributed by atoms with Crippen molar-refractivity contribution in [3.63, 3.8) is 0 Å². The van der Waals surface area contributed by atoms with Crippen LogP contribution < -0.4 is 5.32 Å². The van der Waals surface area contributed by atoms with Crippen molar-refractivity contribution in [2.45, 2.75) is 37.5 Å². The summed E-state index contributed by atoms with van der Waals surface area (Å²) in [6.45, 7) is 2.24. The Bertz CT molecular complexity index is 311. The molecule has 0 saturated heterocycles. The van der Waals surface area contributed by atoms with E-state index >= 15 is 0 Å². The average molecular weight is 225 g/mol. The predicted octanol–water partition coefficient (Wildman–Crippen LogP) is 2.51. The van der Waals surface area contributed by atoms with Crippen molar-refractivity contribution in [1.29, 1.82) is 0 Å². The van der Waals surface area contributed by atoms with Crippen molar-refractivity contribution in [3.8, 4) is 0 Å². The topological polar surface area (TPSA) is 29.9 Å². The molecule has 15 heavy (non-hydrogen) atoms. The number of anilines is 1. The van der Waals surface area contributed by atoms with Crippen molar-refractivity contribution >= 4 is 17.7 Å². The number of nitrogens with zero attached hydrogens (tertiary/aromatic N) is 2. The first-order valence-electron chi connectivity index (χ1n) is 5.65. The van der Waals surface area contributed by atoms with E-state index in [4.69, 9.17) is 0 Å². The van der Waals surface area contributed by atoms with Crippen LogP contribution in [-0.4, -0.2) is 26.6 Å². The number of nitrogens with one attached hydrogen (secondary N) is 1. The molecule has 1 heterocycles. The lowest BCUT2D eigenvalue weighted by Crippen LogP contribution is -2.18. The molecule has 2 rings (SSSR count). The van der Waals surface area contributed by atoms with Gasteiger partial charge in [-0.25, -0.2) is 4.98 Å². The van der Waals surface area contributed by atoms with Crippen molar-refractivity contribution in [2.24, 2.45) is 7.05 Å². The first-order valence-corrected chi connectivity index (χ1v) is 6.70. The second-order valence-electron chi connectivity index (χ2n) is 4.09. The third-order valence-corrected chi connectivity index (χ3v) is 4.17. The molecule has 0 spiro atoms. The highest BCUT2D eigenvalue weighted by Crippen LogP contribution is 2.31. The fourth-order valence-electron chi connectivity index (χ4n) is 2.15. The van der Waals surface area contributed by atoms with Crippen LogP contribution in [0.15, 0.2) is 12.4 Å². The number of hydrogen-bond acceptors (Lipinski definition) is 3. The maximum absolute atomic E-state index is 4.30. The maximum Gasteiger partial charge on any atom is 0.202 e. The Labute approximate surface area is 95.7 Å². The first-order chi connectivity index (χ1) is 7.29. The van der Waals surface area contributed by atoms with Crippen LogP contribution in [0.25, 0.3) is 0 Å². The highest BCUT2D eigenvalue weighted by molar-refractivity contribution is 7.99. The number of hydrogen-bond donors (Lipinski definition) is 1. The largest absolute Gasteiger partial charge is 0.353 e. The zero-order chi connectivity index (χ0) is 10.7. The molecule has 1 N–H and O–H groups in total. The summed E-state index contributed by atoms with van der Waals surface area (Å²) in [5.74, 6) is 2.24. The van der Waals surface area contributed by atoms with E-state index in [-0.39, 0.29) is 0 Å². The minimum absolute atomic E-state index is 0.621. The molecule has 4 heteroatoms. The van der Waals surface area contributed by atoms with E-state index in [9.17, 15) is 0 Å². The van der Waals surface area contributed by atoms with Crippen molar-refractivity contribution in [1.82, 2.24) is 9.55 Å². The molecular formula is C11H19N3S. The summed E-state index contributed by atoms with van der Waals surface area (Å²) in [7, 11) is 2.03. The summed E-state index contributed by atoms with van der Waals surface area (Å²) >= 11 is 2.09. The molecule has 0 radical (unpaired) electrons. The molecule has 0 aromatic carbocycles. The van der Waals surface area contributed by atoms with Crippen molar-refractivity contribution < 1.29 is 0 Å². The van der Waals surface area contributed by atoms with Crippen LogP contribution in [0.5, 0.6) is 0 Å². The van der Waals surface area contributed by atoms with Crippen LogP contribution in [0.1, 0.15) is 26.2 Å². The molecular weight excluding hydrogens is 206 g/mol. The summed E-state index contributed by atoms with van der Waals surface area (Å²) in [4.78, 5) is 4.30. The fraction of sp³-hybridized carbons (Fsp3) is 0.727. The zero-order valence-electron chi connectivity index (χ0n) is 9.44. The van der Waals surface area contributed by atoms with E-state index < -0.39 is 0 Å². The molecule has 2 unspecified atom stereocenters. The molecule has 1 saturated carbocycles. The molecule has 1 aromatic heterocycles. The number of thioether (sulfide) groups is 1. The maximum atomic E-state index is 4.30. The van der Waals surface area contributed by atoms with Gasteiger partial charge in [-0.3, -0.25) is 0 Å². The van der Waals surface area contributed by atoms with Crippen LogP contribution in [0.2, 0.25) is 0 Å². The van der Waals surface area contributed by atoms with E-state index in [1.165, 1.54) is 25.0 Å². The Morgan fingerprint density at radius 3 is 3.13 bits per heavy atom. The molecule has 1 aromatic rings. The van der Waals surface area contributed by atoms with Crippen LogP contribution in [0, 0.1) is 0 Å². The number of imidazole rings is 1. The van der Waals surface area contributed by atoms with Gasteiger partial charge in [-0.1, -0.05) is 6.92 Å². The molecule has 0 bridgehead atoms. The van der Waals surface area contributed by atoms with E-state index in [1.54, 1.807) is 0 Å². The van der Waals surface area contributed by atoms with Gasteiger partial charge in [-0.15, -0.1) is 0 Å². The highest BCUT2D eigenvalue weighted by atomic mass is 32.2. The minimum Gasteiger partial charge on any atom is -0.353 e. The minimum atomic E-state index is 0.621. The standard InChI is InChI=1S/C11H19N3S/c1-3-15-10-5-4-9(8-10)13-11-12-6-7-14(11)2/h6-7,9-10H,3-5,8H2,1-2H3,(H,12,13). The fourth-order valence-corrected chi connectivity index (χ4v) is 3.29. The normalized spacial score (nSPS) is 25.7. The van der Waals surface area contributed by atoms with Crippen molar-refractivity contribution in [2.75, 3.05) is 11.1 Å². The van der Waals surface area contributed by atoms with Gasteiger partial charge in [-0.2, -0.15) is 11.8 Å². The summed E-state index contributed by atoms with van der Waals surface area (Å²) in [5.41, 5.74) is 0. The third-order valence-electron chi connectivity index (χ3n) is 2.94. The molecule has 3 nitrogen and oxygen atoms in total. The molecule has 1 fully saturated rings. The van der Waals surface area contributed by atoms with E-state index in [2.05, 4.69) is 29.0 Å². The Balaban J connectivity index is 1.85. The zero-order valence-corrected chi connectivity index (χ0v) is 10.3. The Hall–Kier alpha value is -0.640. The number of aryl methyl sites for hydroxylation is 1. The summed E-state index contributed by atoms with van der Waals surface area (Å²) < 4.78 is 2.04. The van der Waals surface area contributed by atoms with Gasteiger partial charge in [-0.05, 0) is 25.0 Å². The van der Waals surface area contributed by atoms with Gasteiger partial charge in [0.2, 0.25) is 5.95 Å². The molecule has 0 amide bonds. The smallest absolute Gasteiger partial charge is 0.202 e. The van der Waals surface area contributed by atoms with Gasteiger partial charge in [0.25, 0.3) is 0 Å². The van der Waals surface area contributed by atoms with Gasteiger partial charge in [0, 0.05) is 30.7 Å². The second-order valence-corrected chi connectivity index (χ2v) is 5.67. The van der Waals surface area contributed by atoms with E-state index in [0.29, 0.717) is 6.04 Å². The van der Waals surface area contributed by atoms with E-state index in [1.807, 2.05) is 24.0 Å². The van der Waals surface area contributed by atoms with Gasteiger partial charge in [0.05, 0.1) is 0 Å². The molecule has 1 aliphatic carbocycles. The molecule has 2 atom stereocenters. The van der Waals surface area contributed by atoms with Crippen LogP contribution in [-0.2, 0) is 7.05 Å². The predicted molar refractivity (Wildman–Crippen MR) is 66.4 cm³/mol. The molecule has 1 aliphatic rings. The molecule has 0 aliphatic heterocycles. The van der Waals surface area contributed by atoms with Gasteiger partial charge >= 0.3 is 0 Å². The summed E-state index contributed by atoms with van der Waals surface area (Å²) in [6.07, 6.45) is 7.74. The van der Waals surface area contributed by atoms with E-state index in [0.717, 1.165) is 11.2 Å². The van der Waals surface area contributed by atoms with Crippen LogP contribution in [0.3, 0.4) is 0 Å². The molecule has 84 valence electrons. The van der Waals surface area contributed by atoms with Crippen LogP contribution in [0.4, 0.5) is 5.95 Å². The Kier molecular flexibility index (Phi) is 3.57. The SMILES string of the molecule is CCSC1CCC(Nc2nccn2C)C1. The van der Waals surface area contributed by atoms with Gasteiger partial charge in [0.1, 0.15) is 0 Å². The average Bonchev–Trinajstić information content (AvgIpc) is 2.79. The number of rotatable bonds is 4. The lowest BCUT2D eigenvalue weighted by atomic mass is 10.2. The third kappa shape index (κ3) is 2.68. The summed E-state index contributed by atoms with van der Waals surface area (Å²) in [6, 6.07) is 0.621. The second kappa shape index (κ2) is 4.92. The lowest BCUT2D eigenvalue weighted by Gasteiger charge is -2.13. The monoisotopic (exact) mass is 225 g/mol. The van der Waals surface area contributed by atoms with Gasteiger partial charge < -0.3 is 9.88 Å². The summed E-state index contributed by atoms with van der Waals surface area (Å²) in [5, 5.41) is 4.37. The highest BCUT2D eigenvalue weighted by Gasteiger charge is 2.24. The lowest BCUT2D eigenvalue weighted by molar-refractivity contribution is 0.733. The van der Waals surface area contributed by atoms with Crippen molar-refractivity contribution in [3.05, 3.63) is 12.4 Å². The van der Waals surface area contributed by atoms with Crippen LogP contribution >= 0.6 is 11.8 Å². The van der Waals surface area contributed by atoms with Gasteiger partial charge in [0.15, 0.2) is 0 Å². The Morgan fingerprint density at radius 2 is 2.47 bits per heavy atom. The number of aromatic nitrogens is 2. The Morgan fingerprint density at radius 1 is 1.60 bits per heavy atom. The quantitative estimate of drug-likeness (QED) is 0.854. The first kappa shape index (κ1) is 10.9.